The smallest absolute Gasteiger partial charge is 0.326 e. The number of phenolic OH excluding ortho intramolecular Hbond substituents is 2. The molecule has 0 spiro atoms. The minimum atomic E-state index is -2.05. The van der Waals surface area contributed by atoms with Gasteiger partial charge in [0.05, 0.1) is 32.1 Å². The van der Waals surface area contributed by atoms with Gasteiger partial charge in [-0.3, -0.25) is 62.3 Å². The Labute approximate surface area is 537 Å². The molecule has 0 unspecified atom stereocenters. The Kier molecular flexibility index (Phi) is 27.9. The molecular weight excluding hydrogens is 1230 g/mol. The number of hydrogen-bond donors (Lipinski definition) is 17. The van der Waals surface area contributed by atoms with Gasteiger partial charge in [-0.1, -0.05) is 68.4 Å². The molecule has 19 N–H and O–H groups in total. The number of benzene rings is 3. The SMILES string of the molecule is CC(C)[C@H](NC(=O)[C@@H]1CCCN1C(=O)[C@@H]([NH3+])Cc1cnc[nH]1)C(=O)NCC(=O)N[C@@H](CC(=O)O)C(=O)N[C@@H](C)C(=O)N[C@@H](CC(=O)O)C(=O)N[C@@H](Cc1ccc(O)cc1)C(=O)N[C@@H](Cc1ccccc1)C(=O)N[C@@H](CCC(=O)O)C(=O)N[C@@H](Cc1ccc(O)cc1)C(=O)O. The molecule has 94 heavy (non-hydrogen) atoms. The molecule has 0 saturated carbocycles. The van der Waals surface area contributed by atoms with Crippen LogP contribution in [0.4, 0.5) is 0 Å². The highest BCUT2D eigenvalue weighted by Crippen LogP contribution is 2.20. The van der Waals surface area contributed by atoms with Crippen LogP contribution in [0.3, 0.4) is 0 Å². The number of carboxylic acid groups (broad SMARTS) is 4. The van der Waals surface area contributed by atoms with Crippen LogP contribution in [0.15, 0.2) is 91.4 Å². The summed E-state index contributed by atoms with van der Waals surface area (Å²) < 4.78 is 0. The van der Waals surface area contributed by atoms with Gasteiger partial charge < -0.3 is 94.1 Å². The first kappa shape index (κ1) is 73.7. The van der Waals surface area contributed by atoms with Crippen LogP contribution in [0.5, 0.6) is 11.5 Å². The average molecular weight is 1310 g/mol. The molecule has 3 aromatic carbocycles. The number of rotatable bonds is 36. The number of H-pyrrole nitrogens is 1. The number of nitrogens with one attached hydrogen (secondary N) is 10. The number of carbonyl (C=O) groups is 14. The number of likely N-dealkylation sites (tertiary alicyclic amines) is 1. The van der Waals surface area contributed by atoms with Gasteiger partial charge in [0.1, 0.15) is 65.9 Å². The number of hydrogen-bond acceptors (Lipinski definition) is 17. The Balaban J connectivity index is 1.27. The third kappa shape index (κ3) is 23.7. The largest absolute Gasteiger partial charge is 0.508 e. The lowest BCUT2D eigenvalue weighted by Crippen LogP contribution is -2.70. The van der Waals surface area contributed by atoms with Crippen LogP contribution in [0.2, 0.25) is 0 Å². The van der Waals surface area contributed by atoms with Crippen molar-refractivity contribution in [2.45, 2.75) is 145 Å². The second kappa shape index (κ2) is 35.6. The molecule has 33 heteroatoms. The van der Waals surface area contributed by atoms with Gasteiger partial charge in [-0.05, 0) is 73.1 Å². The highest BCUT2D eigenvalue weighted by molar-refractivity contribution is 6.00. The van der Waals surface area contributed by atoms with Crippen molar-refractivity contribution < 1.29 is 103 Å². The van der Waals surface area contributed by atoms with Gasteiger partial charge in [0, 0.05) is 44.1 Å². The van der Waals surface area contributed by atoms with E-state index in [-0.39, 0.29) is 48.8 Å². The summed E-state index contributed by atoms with van der Waals surface area (Å²) in [5.41, 5.74) is 5.67. The first-order valence-electron chi connectivity index (χ1n) is 29.8. The summed E-state index contributed by atoms with van der Waals surface area (Å²) in [4.78, 5) is 194. The highest BCUT2D eigenvalue weighted by Gasteiger charge is 2.40. The number of aromatic amines is 1. The number of quaternary nitrogens is 1. The van der Waals surface area contributed by atoms with Crippen LogP contribution < -0.4 is 53.6 Å². The van der Waals surface area contributed by atoms with Crippen molar-refractivity contribution in [3.05, 3.63) is 114 Å². The topological polar surface area (TPSA) is 528 Å². The Morgan fingerprint density at radius 3 is 1.54 bits per heavy atom. The van der Waals surface area contributed by atoms with E-state index in [1.54, 1.807) is 50.4 Å². The lowest BCUT2D eigenvalue weighted by atomic mass is 10.0. The first-order chi connectivity index (χ1) is 44.5. The van der Waals surface area contributed by atoms with Crippen LogP contribution >= 0.6 is 0 Å². The molecular formula is C61H78N13O20+. The summed E-state index contributed by atoms with van der Waals surface area (Å²) in [7, 11) is 0. The maximum Gasteiger partial charge on any atom is 0.326 e. The Hall–Kier alpha value is -11.0. The van der Waals surface area contributed by atoms with Crippen LogP contribution in [0.25, 0.3) is 0 Å². The number of aromatic nitrogens is 2. The standard InChI is InChI=1S/C61H77N13O20/c1-31(2)51(73-58(90)46-10-7-21-74(46)60(92)39(62)25-36-28-63-30-65-36)59(91)64-29-47(77)67-43(26-49(80)81)54(86)66-32(3)52(84)69-44(27-50(82)83)57(89)71-42(23-34-11-15-37(75)16-12-34)56(88)70-41(22-33-8-5-4-6-9-33)55(87)68-40(19-20-48(78)79)53(85)72-45(61(93)94)24-35-13-17-38(76)18-14-35/h4-6,8-9,11-18,28,30-32,39-46,51,75-76H,7,10,19-27,29,62H2,1-3H3,(H,63,65)(H,64,91)(H,66,86)(H,67,77)(H,68,87)(H,69,84)(H,70,88)(H,71,89)(H,72,85)(H,73,90)(H,78,79)(H,80,81)(H,82,83)(H,93,94)/p+1/t32-,39-,40-,41-,42-,43-,44-,45-,46-,51-/m0/s1. The van der Waals surface area contributed by atoms with Crippen LogP contribution in [0, 0.1) is 5.92 Å². The van der Waals surface area contributed by atoms with Crippen LogP contribution in [-0.4, -0.2) is 202 Å². The van der Waals surface area contributed by atoms with Gasteiger partial charge in [-0.15, -0.1) is 0 Å². The van der Waals surface area contributed by atoms with Crippen molar-refractivity contribution in [1.29, 1.82) is 0 Å². The van der Waals surface area contributed by atoms with Gasteiger partial charge in [0.25, 0.3) is 5.91 Å². The molecule has 10 atom stereocenters. The fraction of sp³-hybridized carbons (Fsp3) is 0.426. The van der Waals surface area contributed by atoms with Gasteiger partial charge in [0.15, 0.2) is 6.04 Å². The van der Waals surface area contributed by atoms with E-state index in [0.717, 1.165) is 6.92 Å². The van der Waals surface area contributed by atoms with Crippen molar-refractivity contribution in [2.75, 3.05) is 13.1 Å². The molecule has 1 fully saturated rings. The number of aromatic hydroxyl groups is 2. The van der Waals surface area contributed by atoms with E-state index >= 15 is 0 Å². The fourth-order valence-corrected chi connectivity index (χ4v) is 9.87. The van der Waals surface area contributed by atoms with Crippen molar-refractivity contribution in [3.8, 4) is 11.5 Å². The molecule has 0 radical (unpaired) electrons. The zero-order valence-electron chi connectivity index (χ0n) is 51.5. The summed E-state index contributed by atoms with van der Waals surface area (Å²) in [6.45, 7) is 3.68. The number of amides is 10. The average Bonchev–Trinajstić information content (AvgIpc) is 1.60. The monoisotopic (exact) mass is 1310 g/mol. The number of aliphatic carboxylic acids is 4. The summed E-state index contributed by atoms with van der Waals surface area (Å²) in [5, 5.41) is 79.9. The highest BCUT2D eigenvalue weighted by atomic mass is 16.4. The van der Waals surface area contributed by atoms with E-state index in [4.69, 9.17) is 0 Å². The predicted molar refractivity (Wildman–Crippen MR) is 325 cm³/mol. The summed E-state index contributed by atoms with van der Waals surface area (Å²) >= 11 is 0. The van der Waals surface area contributed by atoms with E-state index < -0.39 is 182 Å². The third-order valence-electron chi connectivity index (χ3n) is 14.9. The zero-order chi connectivity index (χ0) is 69.3. The zero-order valence-corrected chi connectivity index (χ0v) is 51.5. The van der Waals surface area contributed by atoms with Crippen molar-refractivity contribution in [1.82, 2.24) is 62.7 Å². The summed E-state index contributed by atoms with van der Waals surface area (Å²) in [5.74, 6) is -17.2. The van der Waals surface area contributed by atoms with E-state index in [1.165, 1.54) is 59.8 Å². The maximum atomic E-state index is 14.5. The van der Waals surface area contributed by atoms with E-state index in [0.29, 0.717) is 29.7 Å². The Morgan fingerprint density at radius 2 is 1.03 bits per heavy atom. The van der Waals surface area contributed by atoms with E-state index in [1.807, 2.05) is 0 Å². The molecule has 1 aromatic heterocycles. The normalized spacial score (nSPS) is 15.5. The Bertz CT molecular complexity index is 3350. The molecule has 5 rings (SSSR count). The maximum absolute atomic E-state index is 14.5. The molecule has 1 saturated heterocycles. The lowest BCUT2D eigenvalue weighted by Gasteiger charge is -2.28. The molecule has 10 amide bonds. The number of carbonyl (C=O) groups excluding carboxylic acids is 10. The van der Waals surface area contributed by atoms with Crippen molar-refractivity contribution >= 4 is 82.9 Å². The number of imidazole rings is 1. The van der Waals surface area contributed by atoms with Crippen molar-refractivity contribution in [3.63, 3.8) is 0 Å². The van der Waals surface area contributed by atoms with Crippen molar-refractivity contribution in [2.24, 2.45) is 5.92 Å². The number of nitrogens with zero attached hydrogens (tertiary/aromatic N) is 2. The second-order valence-electron chi connectivity index (χ2n) is 22.7. The fourth-order valence-electron chi connectivity index (χ4n) is 9.87. The molecule has 33 nitrogen and oxygen atoms in total. The molecule has 506 valence electrons. The molecule has 0 aliphatic carbocycles. The van der Waals surface area contributed by atoms with Gasteiger partial charge in [0.2, 0.25) is 53.2 Å². The number of carboxylic acids is 4. The lowest BCUT2D eigenvalue weighted by molar-refractivity contribution is -0.405. The Morgan fingerprint density at radius 1 is 0.553 bits per heavy atom. The van der Waals surface area contributed by atoms with Crippen LogP contribution in [0.1, 0.15) is 81.7 Å². The predicted octanol–water partition coefficient (Wildman–Crippen LogP) is -3.74. The summed E-state index contributed by atoms with van der Waals surface area (Å²) in [6, 6.07) is 3.18. The minimum Gasteiger partial charge on any atom is -0.508 e. The van der Waals surface area contributed by atoms with Gasteiger partial charge in [-0.25, -0.2) is 9.78 Å². The molecule has 0 bridgehead atoms. The summed E-state index contributed by atoms with van der Waals surface area (Å²) in [6.07, 6.45) is -0.553. The quantitative estimate of drug-likeness (QED) is 0.0208. The van der Waals surface area contributed by atoms with Gasteiger partial charge >= 0.3 is 23.9 Å². The molecule has 2 heterocycles. The molecule has 1 aliphatic heterocycles. The van der Waals surface area contributed by atoms with Gasteiger partial charge in [-0.2, -0.15) is 0 Å². The van der Waals surface area contributed by atoms with E-state index in [2.05, 4.69) is 63.6 Å². The minimum absolute atomic E-state index is 0.120. The first-order valence-corrected chi connectivity index (χ1v) is 29.8. The molecule has 4 aromatic rings. The van der Waals surface area contributed by atoms with E-state index in [9.17, 15) is 97.8 Å². The number of phenols is 2. The third-order valence-corrected chi connectivity index (χ3v) is 14.9. The van der Waals surface area contributed by atoms with Crippen LogP contribution in [-0.2, 0) is 92.8 Å². The molecule has 1 aliphatic rings. The second-order valence-corrected chi connectivity index (χ2v) is 22.7.